The fourth-order valence-electron chi connectivity index (χ4n) is 3.02. The van der Waals surface area contributed by atoms with Crippen molar-refractivity contribution < 1.29 is 4.79 Å². The van der Waals surface area contributed by atoms with Gasteiger partial charge in [-0.05, 0) is 19.4 Å². The fraction of sp³-hybridized carbons (Fsp3) is 0.950. The maximum absolute atomic E-state index is 10.2. The Morgan fingerprint density at radius 3 is 1.00 bits per heavy atom. The molecule has 22 heavy (non-hydrogen) atoms. The maximum atomic E-state index is 10.2. The van der Waals surface area contributed by atoms with E-state index in [4.69, 9.17) is 5.73 Å². The third-order valence-corrected chi connectivity index (χ3v) is 4.53. The standard InChI is InChI=1S/C20H41NO/c21-19-17-15-13-11-9-7-5-3-1-2-4-6-8-10-12-14-16-18-20-22/h20H,1-19,21H2. The number of hydrogen-bond acceptors (Lipinski definition) is 2. The zero-order valence-electron chi connectivity index (χ0n) is 15.0. The Bertz CT molecular complexity index is 206. The SMILES string of the molecule is NCCCCCCCCCCCCCCCCCCCC=O. The lowest BCUT2D eigenvalue weighted by Gasteiger charge is -2.03. The van der Waals surface area contributed by atoms with Gasteiger partial charge in [0.05, 0.1) is 0 Å². The quantitative estimate of drug-likeness (QED) is 0.229. The first-order valence-corrected chi connectivity index (χ1v) is 10.1. The molecular formula is C20H41NO. The van der Waals surface area contributed by atoms with E-state index in [1.807, 2.05) is 0 Å². The first kappa shape index (κ1) is 21.6. The second kappa shape index (κ2) is 20.6. The summed E-state index contributed by atoms with van der Waals surface area (Å²) in [7, 11) is 0. The highest BCUT2D eigenvalue weighted by Crippen LogP contribution is 2.14. The Labute approximate surface area is 139 Å². The molecule has 0 aromatic rings. The molecule has 0 radical (unpaired) electrons. The minimum atomic E-state index is 0.758. The number of hydrogen-bond donors (Lipinski definition) is 1. The van der Waals surface area contributed by atoms with Crippen LogP contribution in [0.1, 0.15) is 116 Å². The average Bonchev–Trinajstić information content (AvgIpc) is 2.54. The van der Waals surface area contributed by atoms with Crippen molar-refractivity contribution in [2.45, 2.75) is 116 Å². The van der Waals surface area contributed by atoms with Crippen LogP contribution in [0.5, 0.6) is 0 Å². The molecule has 0 atom stereocenters. The summed E-state index contributed by atoms with van der Waals surface area (Å²) in [6, 6.07) is 0. The predicted octanol–water partition coefficient (Wildman–Crippen LogP) is 6.17. The Morgan fingerprint density at radius 2 is 0.727 bits per heavy atom. The highest BCUT2D eigenvalue weighted by Gasteiger charge is 1.94. The summed E-state index contributed by atoms with van der Waals surface area (Å²) in [5.41, 5.74) is 5.49. The van der Waals surface area contributed by atoms with Crippen LogP contribution < -0.4 is 5.73 Å². The zero-order chi connectivity index (χ0) is 16.1. The molecule has 0 bridgehead atoms. The molecule has 0 heterocycles. The van der Waals surface area contributed by atoms with Crippen molar-refractivity contribution in [1.29, 1.82) is 0 Å². The number of carbonyl (C=O) groups excluding carboxylic acids is 1. The molecule has 0 unspecified atom stereocenters. The van der Waals surface area contributed by atoms with E-state index in [-0.39, 0.29) is 0 Å². The van der Waals surface area contributed by atoms with Crippen LogP contribution in [-0.4, -0.2) is 12.8 Å². The lowest BCUT2D eigenvalue weighted by Crippen LogP contribution is -1.97. The number of rotatable bonds is 19. The molecule has 0 amide bonds. The minimum absolute atomic E-state index is 0.758. The van der Waals surface area contributed by atoms with E-state index in [2.05, 4.69) is 0 Å². The van der Waals surface area contributed by atoms with Crippen LogP contribution in [0.4, 0.5) is 0 Å². The van der Waals surface area contributed by atoms with Gasteiger partial charge in [-0.25, -0.2) is 0 Å². The van der Waals surface area contributed by atoms with Gasteiger partial charge in [0, 0.05) is 6.42 Å². The molecule has 0 aliphatic rings. The molecular weight excluding hydrogens is 270 g/mol. The molecule has 0 saturated heterocycles. The van der Waals surface area contributed by atoms with Crippen molar-refractivity contribution in [3.05, 3.63) is 0 Å². The van der Waals surface area contributed by atoms with E-state index in [1.54, 1.807) is 0 Å². The lowest BCUT2D eigenvalue weighted by atomic mass is 10.0. The van der Waals surface area contributed by atoms with E-state index >= 15 is 0 Å². The van der Waals surface area contributed by atoms with Gasteiger partial charge in [0.2, 0.25) is 0 Å². The van der Waals surface area contributed by atoms with Gasteiger partial charge in [-0.1, -0.05) is 96.3 Å². The molecule has 0 saturated carbocycles. The summed E-state index contributed by atoms with van der Waals surface area (Å²) in [4.78, 5) is 10.2. The van der Waals surface area contributed by atoms with E-state index in [1.165, 1.54) is 103 Å². The normalized spacial score (nSPS) is 11.0. The van der Waals surface area contributed by atoms with Crippen molar-refractivity contribution >= 4 is 6.29 Å². The summed E-state index contributed by atoms with van der Waals surface area (Å²) in [5, 5.41) is 0. The van der Waals surface area contributed by atoms with Gasteiger partial charge in [0.15, 0.2) is 0 Å². The van der Waals surface area contributed by atoms with E-state index in [0.29, 0.717) is 0 Å². The first-order chi connectivity index (χ1) is 10.9. The van der Waals surface area contributed by atoms with Gasteiger partial charge in [-0.2, -0.15) is 0 Å². The van der Waals surface area contributed by atoms with Crippen LogP contribution in [0, 0.1) is 0 Å². The Balaban J connectivity index is 2.92. The van der Waals surface area contributed by atoms with Gasteiger partial charge < -0.3 is 10.5 Å². The van der Waals surface area contributed by atoms with Crippen LogP contribution in [0.3, 0.4) is 0 Å². The topological polar surface area (TPSA) is 43.1 Å². The summed E-state index contributed by atoms with van der Waals surface area (Å²) in [6.07, 6.45) is 25.0. The number of nitrogens with two attached hydrogens (primary N) is 1. The van der Waals surface area contributed by atoms with Crippen LogP contribution in [0.15, 0.2) is 0 Å². The maximum Gasteiger partial charge on any atom is 0.119 e. The fourth-order valence-corrected chi connectivity index (χ4v) is 3.02. The van der Waals surface area contributed by atoms with Crippen molar-refractivity contribution in [3.8, 4) is 0 Å². The third kappa shape index (κ3) is 19.6. The van der Waals surface area contributed by atoms with Crippen LogP contribution in [0.2, 0.25) is 0 Å². The highest BCUT2D eigenvalue weighted by atomic mass is 16.1. The molecule has 0 aliphatic heterocycles. The third-order valence-electron chi connectivity index (χ3n) is 4.53. The largest absolute Gasteiger partial charge is 0.330 e. The van der Waals surface area contributed by atoms with Crippen molar-refractivity contribution in [3.63, 3.8) is 0 Å². The average molecular weight is 312 g/mol. The second-order valence-corrected chi connectivity index (χ2v) is 6.75. The minimum Gasteiger partial charge on any atom is -0.330 e. The Kier molecular flexibility index (Phi) is 20.3. The molecule has 0 fully saturated rings. The Morgan fingerprint density at radius 1 is 0.455 bits per heavy atom. The molecule has 0 aliphatic carbocycles. The smallest absolute Gasteiger partial charge is 0.119 e. The molecule has 0 aromatic heterocycles. The van der Waals surface area contributed by atoms with E-state index in [0.717, 1.165) is 25.7 Å². The Hall–Kier alpha value is -0.370. The van der Waals surface area contributed by atoms with Crippen molar-refractivity contribution in [2.75, 3.05) is 6.54 Å². The van der Waals surface area contributed by atoms with Gasteiger partial charge in [0.25, 0.3) is 0 Å². The van der Waals surface area contributed by atoms with Gasteiger partial charge in [-0.15, -0.1) is 0 Å². The van der Waals surface area contributed by atoms with Crippen molar-refractivity contribution in [1.82, 2.24) is 0 Å². The predicted molar refractivity (Wildman–Crippen MR) is 98.2 cm³/mol. The van der Waals surface area contributed by atoms with E-state index in [9.17, 15) is 4.79 Å². The molecule has 2 heteroatoms. The number of aldehydes is 1. The van der Waals surface area contributed by atoms with Gasteiger partial charge in [-0.3, -0.25) is 0 Å². The zero-order valence-corrected chi connectivity index (χ0v) is 15.0. The molecule has 2 N–H and O–H groups in total. The van der Waals surface area contributed by atoms with Gasteiger partial charge >= 0.3 is 0 Å². The summed E-state index contributed by atoms with van der Waals surface area (Å²) >= 11 is 0. The molecule has 2 nitrogen and oxygen atoms in total. The van der Waals surface area contributed by atoms with Crippen molar-refractivity contribution in [2.24, 2.45) is 5.73 Å². The second-order valence-electron chi connectivity index (χ2n) is 6.75. The van der Waals surface area contributed by atoms with E-state index < -0.39 is 0 Å². The number of unbranched alkanes of at least 4 members (excludes halogenated alkanes) is 17. The summed E-state index contributed by atoms with van der Waals surface area (Å²) < 4.78 is 0. The first-order valence-electron chi connectivity index (χ1n) is 10.1. The highest BCUT2D eigenvalue weighted by molar-refractivity contribution is 5.48. The van der Waals surface area contributed by atoms with Crippen LogP contribution in [-0.2, 0) is 4.79 Å². The lowest BCUT2D eigenvalue weighted by molar-refractivity contribution is -0.107. The molecule has 0 aromatic carbocycles. The summed E-state index contributed by atoms with van der Waals surface area (Å²) in [6.45, 7) is 0.861. The summed E-state index contributed by atoms with van der Waals surface area (Å²) in [5.74, 6) is 0. The molecule has 0 rings (SSSR count). The van der Waals surface area contributed by atoms with Crippen LogP contribution >= 0.6 is 0 Å². The van der Waals surface area contributed by atoms with Gasteiger partial charge in [0.1, 0.15) is 6.29 Å². The van der Waals surface area contributed by atoms with Crippen LogP contribution in [0.25, 0.3) is 0 Å². The monoisotopic (exact) mass is 311 g/mol. The molecule has 0 spiro atoms. The molecule has 132 valence electrons. The number of carbonyl (C=O) groups is 1.